The monoisotopic (exact) mass is 881 g/mol. The molecule has 1 aliphatic carbocycles. The highest BCUT2D eigenvalue weighted by Gasteiger charge is 2.51. The third kappa shape index (κ3) is 10.4. The Balaban J connectivity index is 0.000000205. The van der Waals surface area contributed by atoms with E-state index in [0.29, 0.717) is 52.3 Å². The molecule has 0 aliphatic heterocycles. The molecule has 0 spiro atoms. The lowest BCUT2D eigenvalue weighted by Crippen LogP contribution is -2.37. The van der Waals surface area contributed by atoms with Gasteiger partial charge in [-0.3, -0.25) is 19.7 Å². The van der Waals surface area contributed by atoms with E-state index in [1.165, 1.54) is 74.9 Å². The Labute approximate surface area is 350 Å². The number of aryl methyl sites for hydroxylation is 1. The minimum Gasteiger partial charge on any atom is -0.478 e. The largest absolute Gasteiger partial charge is 0.478 e. The standard InChI is InChI=1S/C15H18F3NO2.C15H14F3NO2.C14H12F3NO2/c2*1-14(2,15(16,17)18)12-7-5-9-8-10(13(20)21-3)4-6-11(9)19-12;1-13(2,14(15,16)17)11-6-4-8-7-9(12(19)20)3-5-10(8)18-11/h5,7,10H,4,6,8H2,1-3H3;4-8H,1-3H3;3-7H,1-2H3,(H,19,20). The Kier molecular flexibility index (Phi) is 14.1. The normalized spacial score (nSPS) is 14.8. The molecule has 18 heteroatoms. The van der Waals surface area contributed by atoms with Gasteiger partial charge in [0.2, 0.25) is 0 Å². The molecule has 1 unspecified atom stereocenters. The number of esters is 2. The summed E-state index contributed by atoms with van der Waals surface area (Å²) < 4.78 is 127. The molecule has 2 aromatic carbocycles. The fraction of sp³-hybridized carbons (Fsp3) is 0.409. The predicted octanol–water partition coefficient (Wildman–Crippen LogP) is 10.8. The molecule has 3 aromatic heterocycles. The van der Waals surface area contributed by atoms with Crippen LogP contribution in [0.5, 0.6) is 0 Å². The number of aromatic nitrogens is 3. The first kappa shape index (κ1) is 48.9. The van der Waals surface area contributed by atoms with Crippen molar-refractivity contribution in [2.45, 2.75) is 95.6 Å². The van der Waals surface area contributed by atoms with Gasteiger partial charge in [-0.15, -0.1) is 0 Å². The zero-order valence-electron chi connectivity index (χ0n) is 34.9. The molecule has 0 saturated heterocycles. The van der Waals surface area contributed by atoms with Crippen molar-refractivity contribution in [2.75, 3.05) is 14.2 Å². The number of ether oxygens (including phenoxy) is 2. The van der Waals surface area contributed by atoms with Gasteiger partial charge < -0.3 is 14.6 Å². The zero-order chi connectivity index (χ0) is 46.8. The molecular formula is C44H44F9N3O6. The van der Waals surface area contributed by atoms with Gasteiger partial charge in [0.1, 0.15) is 16.2 Å². The number of carbonyl (C=O) groups is 3. The molecule has 9 nitrogen and oxygen atoms in total. The van der Waals surface area contributed by atoms with Gasteiger partial charge in [-0.05, 0) is 121 Å². The van der Waals surface area contributed by atoms with Gasteiger partial charge in [-0.25, -0.2) is 9.59 Å². The molecule has 0 amide bonds. The topological polar surface area (TPSA) is 129 Å². The van der Waals surface area contributed by atoms with Crippen molar-refractivity contribution in [1.82, 2.24) is 15.0 Å². The molecule has 3 heterocycles. The maximum absolute atomic E-state index is 13.1. The fourth-order valence-electron chi connectivity index (χ4n) is 6.09. The second-order valence-corrected chi connectivity index (χ2v) is 16.1. The van der Waals surface area contributed by atoms with Crippen molar-refractivity contribution in [3.63, 3.8) is 0 Å². The summed E-state index contributed by atoms with van der Waals surface area (Å²) in [4.78, 5) is 46.1. The summed E-state index contributed by atoms with van der Waals surface area (Å²) in [5.41, 5.74) is -3.60. The van der Waals surface area contributed by atoms with Crippen molar-refractivity contribution in [3.05, 3.63) is 112 Å². The van der Waals surface area contributed by atoms with E-state index < -0.39 is 46.7 Å². The van der Waals surface area contributed by atoms with Crippen LogP contribution in [-0.4, -0.2) is 70.7 Å². The molecule has 0 saturated carbocycles. The number of hydrogen-bond acceptors (Lipinski definition) is 8. The number of fused-ring (bicyclic) bond motifs is 3. The molecule has 0 fully saturated rings. The molecule has 334 valence electrons. The second-order valence-electron chi connectivity index (χ2n) is 16.1. The van der Waals surface area contributed by atoms with Crippen LogP contribution < -0.4 is 0 Å². The van der Waals surface area contributed by atoms with Crippen LogP contribution in [0.25, 0.3) is 21.8 Å². The first-order valence-corrected chi connectivity index (χ1v) is 18.9. The number of alkyl halides is 9. The number of benzene rings is 2. The van der Waals surface area contributed by atoms with E-state index in [9.17, 15) is 53.9 Å². The average Bonchev–Trinajstić information content (AvgIpc) is 3.21. The molecule has 0 bridgehead atoms. The number of carboxylic acids is 1. The molecule has 1 aliphatic rings. The molecule has 0 radical (unpaired) electrons. The Morgan fingerprint density at radius 3 is 1.42 bits per heavy atom. The Bertz CT molecular complexity index is 2460. The van der Waals surface area contributed by atoms with E-state index in [4.69, 9.17) is 9.84 Å². The summed E-state index contributed by atoms with van der Waals surface area (Å²) in [5.74, 6) is -2.10. The van der Waals surface area contributed by atoms with Gasteiger partial charge in [-0.2, -0.15) is 39.5 Å². The van der Waals surface area contributed by atoms with Crippen molar-refractivity contribution in [3.8, 4) is 0 Å². The van der Waals surface area contributed by atoms with Gasteiger partial charge in [0, 0.05) is 16.5 Å². The molecule has 1 N–H and O–H groups in total. The summed E-state index contributed by atoms with van der Waals surface area (Å²) in [7, 11) is 2.60. The van der Waals surface area contributed by atoms with E-state index in [0.717, 1.165) is 47.1 Å². The molecule has 62 heavy (non-hydrogen) atoms. The summed E-state index contributed by atoms with van der Waals surface area (Å²) in [5, 5.41) is 9.94. The highest BCUT2D eigenvalue weighted by Crippen LogP contribution is 2.42. The van der Waals surface area contributed by atoms with E-state index >= 15 is 0 Å². The molecule has 5 aromatic rings. The maximum atomic E-state index is 13.1. The third-order valence-electron chi connectivity index (χ3n) is 10.9. The first-order valence-electron chi connectivity index (χ1n) is 18.9. The van der Waals surface area contributed by atoms with Crippen LogP contribution in [0.3, 0.4) is 0 Å². The Morgan fingerprint density at radius 2 is 1.00 bits per heavy atom. The molecular weight excluding hydrogens is 837 g/mol. The number of carbonyl (C=O) groups excluding carboxylic acids is 2. The van der Waals surface area contributed by atoms with Crippen molar-refractivity contribution in [1.29, 1.82) is 0 Å². The smallest absolute Gasteiger partial charge is 0.399 e. The zero-order valence-corrected chi connectivity index (χ0v) is 34.9. The quantitative estimate of drug-likeness (QED) is 0.131. The highest BCUT2D eigenvalue weighted by atomic mass is 19.4. The third-order valence-corrected chi connectivity index (χ3v) is 10.9. The molecule has 6 rings (SSSR count). The minimum atomic E-state index is -4.41. The van der Waals surface area contributed by atoms with Crippen LogP contribution in [0.2, 0.25) is 0 Å². The van der Waals surface area contributed by atoms with Crippen molar-refractivity contribution >= 4 is 39.7 Å². The van der Waals surface area contributed by atoms with Gasteiger partial charge in [0.15, 0.2) is 0 Å². The number of aromatic carboxylic acids is 1. The number of hydrogen-bond donors (Lipinski definition) is 1. The lowest BCUT2D eigenvalue weighted by molar-refractivity contribution is -0.181. The van der Waals surface area contributed by atoms with Gasteiger partial charge >= 0.3 is 36.4 Å². The number of halogens is 9. The van der Waals surface area contributed by atoms with Crippen LogP contribution >= 0.6 is 0 Å². The number of carboxylic acid groups (broad SMARTS) is 1. The van der Waals surface area contributed by atoms with E-state index in [1.807, 2.05) is 0 Å². The number of rotatable bonds is 6. The van der Waals surface area contributed by atoms with Crippen LogP contribution in [0, 0.1) is 5.92 Å². The average molecular weight is 882 g/mol. The number of methoxy groups -OCH3 is 2. The van der Waals surface area contributed by atoms with Crippen LogP contribution in [0.15, 0.2) is 72.8 Å². The molecule has 1 atom stereocenters. The number of pyridine rings is 3. The Hall–Kier alpha value is -5.81. The maximum Gasteiger partial charge on any atom is 0.399 e. The second kappa shape index (κ2) is 17.9. The summed E-state index contributed by atoms with van der Waals surface area (Å²) in [6.45, 7) is 6.55. The van der Waals surface area contributed by atoms with Crippen molar-refractivity contribution in [2.24, 2.45) is 5.92 Å². The van der Waals surface area contributed by atoms with E-state index in [1.54, 1.807) is 12.1 Å². The van der Waals surface area contributed by atoms with E-state index in [-0.39, 0.29) is 34.5 Å². The van der Waals surface area contributed by atoms with Gasteiger partial charge in [0.25, 0.3) is 0 Å². The fourth-order valence-corrected chi connectivity index (χ4v) is 6.09. The SMILES string of the molecule is CC(C)(c1ccc2cc(C(=O)O)ccc2n1)C(F)(F)F.COC(=O)C1CCc2nc(C(C)(C)C(F)(F)F)ccc2C1.COC(=O)c1ccc2nc(C(C)(C)C(F)(F)F)ccc2c1. The van der Waals surface area contributed by atoms with E-state index in [2.05, 4.69) is 19.7 Å². The van der Waals surface area contributed by atoms with Crippen LogP contribution in [-0.2, 0) is 43.4 Å². The van der Waals surface area contributed by atoms with Crippen molar-refractivity contribution < 1.29 is 68.5 Å². The first-order chi connectivity index (χ1) is 28.5. The summed E-state index contributed by atoms with van der Waals surface area (Å²) in [6.07, 6.45) is -11.6. The summed E-state index contributed by atoms with van der Waals surface area (Å²) in [6, 6.07) is 17.3. The highest BCUT2D eigenvalue weighted by molar-refractivity contribution is 5.94. The lowest BCUT2D eigenvalue weighted by Gasteiger charge is -2.29. The Morgan fingerprint density at radius 1 is 0.581 bits per heavy atom. The number of nitrogens with zero attached hydrogens (tertiary/aromatic N) is 3. The summed E-state index contributed by atoms with van der Waals surface area (Å²) >= 11 is 0. The predicted molar refractivity (Wildman–Crippen MR) is 211 cm³/mol. The minimum absolute atomic E-state index is 0.0188. The lowest BCUT2D eigenvalue weighted by atomic mass is 9.83. The van der Waals surface area contributed by atoms with Gasteiger partial charge in [-0.1, -0.05) is 18.2 Å². The van der Waals surface area contributed by atoms with Gasteiger partial charge in [0.05, 0.1) is 59.4 Å². The van der Waals surface area contributed by atoms with Crippen LogP contribution in [0.1, 0.15) is 97.0 Å². The van der Waals surface area contributed by atoms with Crippen LogP contribution in [0.4, 0.5) is 39.5 Å².